The number of likely N-dealkylation sites (tertiary alicyclic amines) is 1. The van der Waals surface area contributed by atoms with Crippen LogP contribution in [0.3, 0.4) is 0 Å². The quantitative estimate of drug-likeness (QED) is 0.344. The van der Waals surface area contributed by atoms with Gasteiger partial charge in [0.1, 0.15) is 0 Å². The molecule has 1 nitrogen and oxygen atoms in total. The Morgan fingerprint density at radius 3 is 1.77 bits per heavy atom. The summed E-state index contributed by atoms with van der Waals surface area (Å²) in [5.41, 5.74) is 0. The van der Waals surface area contributed by atoms with Crippen LogP contribution in [-0.2, 0) is 0 Å². The van der Waals surface area contributed by atoms with Crippen LogP contribution in [0.25, 0.3) is 0 Å². The lowest BCUT2D eigenvalue weighted by Gasteiger charge is -2.34. The zero-order chi connectivity index (χ0) is 16.0. The first-order valence-corrected chi connectivity index (χ1v) is 10.5. The molecule has 1 saturated heterocycles. The van der Waals surface area contributed by atoms with Gasteiger partial charge in [0.2, 0.25) is 0 Å². The Bertz CT molecular complexity index is 218. The minimum atomic E-state index is 0.979. The van der Waals surface area contributed by atoms with E-state index in [0.717, 1.165) is 11.8 Å². The van der Waals surface area contributed by atoms with Gasteiger partial charge in [0, 0.05) is 6.54 Å². The maximum atomic E-state index is 2.79. The summed E-state index contributed by atoms with van der Waals surface area (Å²) in [6.07, 6.45) is 18.7. The largest absolute Gasteiger partial charge is 0.303 e. The Kier molecular flexibility index (Phi) is 12.2. The molecule has 0 aliphatic carbocycles. The van der Waals surface area contributed by atoms with Gasteiger partial charge in [-0.3, -0.25) is 0 Å². The van der Waals surface area contributed by atoms with E-state index in [0.29, 0.717) is 0 Å². The molecule has 0 bridgehead atoms. The highest BCUT2D eigenvalue weighted by atomic mass is 15.1. The monoisotopic (exact) mass is 309 g/mol. The number of rotatable bonds is 13. The van der Waals surface area contributed by atoms with Crippen molar-refractivity contribution in [2.45, 2.75) is 104 Å². The molecule has 1 aliphatic heterocycles. The first-order valence-electron chi connectivity index (χ1n) is 10.5. The smallest absolute Gasteiger partial charge is 0.000966 e. The fourth-order valence-electron chi connectivity index (χ4n) is 3.99. The van der Waals surface area contributed by atoms with Crippen molar-refractivity contribution in [3.8, 4) is 0 Å². The third kappa shape index (κ3) is 9.18. The van der Waals surface area contributed by atoms with Crippen LogP contribution in [0.4, 0.5) is 0 Å². The van der Waals surface area contributed by atoms with Crippen molar-refractivity contribution in [2.24, 2.45) is 11.8 Å². The van der Waals surface area contributed by atoms with Gasteiger partial charge in [0.25, 0.3) is 0 Å². The average molecular weight is 310 g/mol. The van der Waals surface area contributed by atoms with Crippen LogP contribution < -0.4 is 0 Å². The number of hydrogen-bond acceptors (Lipinski definition) is 1. The maximum absolute atomic E-state index is 2.79. The molecular weight excluding hydrogens is 266 g/mol. The van der Waals surface area contributed by atoms with E-state index < -0.39 is 0 Å². The van der Waals surface area contributed by atoms with Gasteiger partial charge >= 0.3 is 0 Å². The number of hydrogen-bond donors (Lipinski definition) is 0. The second-order valence-corrected chi connectivity index (χ2v) is 7.72. The molecule has 0 radical (unpaired) electrons. The standard InChI is InChI=1S/C21H43N/c1-4-7-9-11-13-21(14-12-10-8-5-2)19-22-17-15-20(6-3)16-18-22/h20-21H,4-19H2,1-3H3. The molecule has 0 aromatic carbocycles. The van der Waals surface area contributed by atoms with Gasteiger partial charge in [-0.25, -0.2) is 0 Å². The lowest BCUT2D eigenvalue weighted by atomic mass is 9.91. The molecule has 0 amide bonds. The zero-order valence-electron chi connectivity index (χ0n) is 15.9. The summed E-state index contributed by atoms with van der Waals surface area (Å²) in [5, 5.41) is 0. The molecule has 1 aliphatic rings. The molecule has 0 unspecified atom stereocenters. The van der Waals surface area contributed by atoms with Gasteiger partial charge in [-0.2, -0.15) is 0 Å². The number of piperidine rings is 1. The normalized spacial score (nSPS) is 17.5. The summed E-state index contributed by atoms with van der Waals surface area (Å²) >= 11 is 0. The molecule has 1 heterocycles. The third-order valence-corrected chi connectivity index (χ3v) is 5.73. The summed E-state index contributed by atoms with van der Waals surface area (Å²) in [7, 11) is 0. The van der Waals surface area contributed by atoms with E-state index in [4.69, 9.17) is 0 Å². The van der Waals surface area contributed by atoms with Crippen molar-refractivity contribution in [1.82, 2.24) is 4.90 Å². The van der Waals surface area contributed by atoms with E-state index in [1.165, 1.54) is 103 Å². The van der Waals surface area contributed by atoms with E-state index in [-0.39, 0.29) is 0 Å². The van der Waals surface area contributed by atoms with Gasteiger partial charge in [-0.15, -0.1) is 0 Å². The van der Waals surface area contributed by atoms with Crippen LogP contribution in [0, 0.1) is 11.8 Å². The lowest BCUT2D eigenvalue weighted by Crippen LogP contribution is -2.37. The predicted molar refractivity (Wildman–Crippen MR) is 100 cm³/mol. The highest BCUT2D eigenvalue weighted by Crippen LogP contribution is 2.24. The summed E-state index contributed by atoms with van der Waals surface area (Å²) in [6, 6.07) is 0. The molecular formula is C21H43N. The van der Waals surface area contributed by atoms with Gasteiger partial charge in [0.15, 0.2) is 0 Å². The first-order chi connectivity index (χ1) is 10.8. The molecule has 1 fully saturated rings. The van der Waals surface area contributed by atoms with Crippen molar-refractivity contribution < 1.29 is 0 Å². The number of unbranched alkanes of at least 4 members (excludes halogenated alkanes) is 6. The van der Waals surface area contributed by atoms with Crippen LogP contribution in [0.2, 0.25) is 0 Å². The first kappa shape index (κ1) is 20.0. The fourth-order valence-corrected chi connectivity index (χ4v) is 3.99. The van der Waals surface area contributed by atoms with Gasteiger partial charge in [-0.05, 0) is 50.6 Å². The van der Waals surface area contributed by atoms with Crippen LogP contribution in [0.1, 0.15) is 104 Å². The Morgan fingerprint density at radius 2 is 1.32 bits per heavy atom. The molecule has 0 spiro atoms. The molecule has 0 aromatic heterocycles. The van der Waals surface area contributed by atoms with E-state index in [2.05, 4.69) is 25.7 Å². The zero-order valence-corrected chi connectivity index (χ0v) is 15.9. The molecule has 0 atom stereocenters. The highest BCUT2D eigenvalue weighted by molar-refractivity contribution is 4.74. The van der Waals surface area contributed by atoms with E-state index in [1.54, 1.807) is 0 Å². The van der Waals surface area contributed by atoms with Crippen molar-refractivity contribution in [1.29, 1.82) is 0 Å². The Labute approximate surface area is 141 Å². The second kappa shape index (κ2) is 13.4. The van der Waals surface area contributed by atoms with Gasteiger partial charge in [-0.1, -0.05) is 78.6 Å². The number of nitrogens with zero attached hydrogens (tertiary/aromatic N) is 1. The predicted octanol–water partition coefficient (Wildman–Crippen LogP) is 6.67. The summed E-state index contributed by atoms with van der Waals surface area (Å²) in [5.74, 6) is 2.00. The van der Waals surface area contributed by atoms with E-state index in [9.17, 15) is 0 Å². The van der Waals surface area contributed by atoms with Crippen molar-refractivity contribution in [3.05, 3.63) is 0 Å². The SMILES string of the molecule is CCCCCCC(CCCCCC)CN1CCC(CC)CC1. The van der Waals surface area contributed by atoms with E-state index >= 15 is 0 Å². The topological polar surface area (TPSA) is 3.24 Å². The maximum Gasteiger partial charge on any atom is 0.000966 e. The summed E-state index contributed by atoms with van der Waals surface area (Å²) in [6.45, 7) is 11.2. The molecule has 0 N–H and O–H groups in total. The van der Waals surface area contributed by atoms with Crippen molar-refractivity contribution in [3.63, 3.8) is 0 Å². The minimum Gasteiger partial charge on any atom is -0.303 e. The second-order valence-electron chi connectivity index (χ2n) is 7.72. The summed E-state index contributed by atoms with van der Waals surface area (Å²) < 4.78 is 0. The Hall–Kier alpha value is -0.0400. The molecule has 132 valence electrons. The molecule has 1 heteroatoms. The van der Waals surface area contributed by atoms with Gasteiger partial charge in [0.05, 0.1) is 0 Å². The average Bonchev–Trinajstić information content (AvgIpc) is 2.56. The fraction of sp³-hybridized carbons (Fsp3) is 1.00. The third-order valence-electron chi connectivity index (χ3n) is 5.73. The summed E-state index contributed by atoms with van der Waals surface area (Å²) in [4.78, 5) is 2.79. The molecule has 0 aromatic rings. The van der Waals surface area contributed by atoms with Crippen molar-refractivity contribution in [2.75, 3.05) is 19.6 Å². The highest BCUT2D eigenvalue weighted by Gasteiger charge is 2.20. The molecule has 22 heavy (non-hydrogen) atoms. The van der Waals surface area contributed by atoms with Crippen LogP contribution >= 0.6 is 0 Å². The Balaban J connectivity index is 2.26. The van der Waals surface area contributed by atoms with Crippen LogP contribution in [0.15, 0.2) is 0 Å². The Morgan fingerprint density at radius 1 is 0.773 bits per heavy atom. The van der Waals surface area contributed by atoms with Crippen molar-refractivity contribution >= 4 is 0 Å². The van der Waals surface area contributed by atoms with Crippen LogP contribution in [-0.4, -0.2) is 24.5 Å². The van der Waals surface area contributed by atoms with Gasteiger partial charge < -0.3 is 4.90 Å². The van der Waals surface area contributed by atoms with E-state index in [1.807, 2.05) is 0 Å². The van der Waals surface area contributed by atoms with Crippen LogP contribution in [0.5, 0.6) is 0 Å². The minimum absolute atomic E-state index is 0.979. The molecule has 1 rings (SSSR count). The molecule has 0 saturated carbocycles. The lowest BCUT2D eigenvalue weighted by molar-refractivity contribution is 0.150.